The molecule has 1 atom stereocenters. The third-order valence-corrected chi connectivity index (χ3v) is 7.50. The first-order valence-electron chi connectivity index (χ1n) is 8.78. The Hall–Kier alpha value is -1.98. The van der Waals surface area contributed by atoms with E-state index in [4.69, 9.17) is 0 Å². The maximum atomic E-state index is 11.4. The molecule has 2 aromatic carbocycles. The van der Waals surface area contributed by atoms with Gasteiger partial charge in [0.2, 0.25) is 4.80 Å². The van der Waals surface area contributed by atoms with Crippen molar-refractivity contribution >= 4 is 54.3 Å². The minimum Gasteiger partial charge on any atom is -0.315 e. The second-order valence-electron chi connectivity index (χ2n) is 6.17. The molecular formula is C18H19N4O3S3+. The van der Waals surface area contributed by atoms with Crippen molar-refractivity contribution in [3.8, 4) is 0 Å². The van der Waals surface area contributed by atoms with Gasteiger partial charge in [-0.3, -0.25) is 4.55 Å². The first-order chi connectivity index (χ1) is 13.4. The number of hydrogen-bond acceptors (Lipinski definition) is 6. The molecule has 1 unspecified atom stereocenters. The molecule has 10 heteroatoms. The molecule has 3 aromatic rings. The summed E-state index contributed by atoms with van der Waals surface area (Å²) in [4.78, 5) is 2.93. The fourth-order valence-electron chi connectivity index (χ4n) is 3.19. The second kappa shape index (κ2) is 7.45. The van der Waals surface area contributed by atoms with Crippen molar-refractivity contribution in [2.45, 2.75) is 30.2 Å². The Balaban J connectivity index is 1.80. The Morgan fingerprint density at radius 2 is 1.93 bits per heavy atom. The van der Waals surface area contributed by atoms with Crippen molar-refractivity contribution in [3.05, 3.63) is 47.3 Å². The Kier molecular flexibility index (Phi) is 5.15. The first-order valence-corrected chi connectivity index (χ1v) is 11.9. The zero-order chi connectivity index (χ0) is 19.9. The zero-order valence-corrected chi connectivity index (χ0v) is 17.7. The van der Waals surface area contributed by atoms with Crippen LogP contribution in [0, 0.1) is 0 Å². The topological polar surface area (TPSA) is 88.5 Å². The Bertz CT molecular complexity index is 1260. The van der Waals surface area contributed by atoms with Crippen LogP contribution < -0.4 is 9.70 Å². The number of thiazole rings is 1. The smallest absolute Gasteiger partial charge is 0.294 e. The van der Waals surface area contributed by atoms with Gasteiger partial charge in [0.25, 0.3) is 15.3 Å². The molecular weight excluding hydrogens is 416 g/mol. The predicted octanol–water partition coefficient (Wildman–Crippen LogP) is 2.48. The maximum Gasteiger partial charge on any atom is 0.294 e. The van der Waals surface area contributed by atoms with Crippen molar-refractivity contribution in [1.29, 1.82) is 0 Å². The lowest BCUT2D eigenvalue weighted by Crippen LogP contribution is -3.07. The molecule has 146 valence electrons. The summed E-state index contributed by atoms with van der Waals surface area (Å²) in [5.74, 6) is 0. The summed E-state index contributed by atoms with van der Waals surface area (Å²) in [6, 6.07) is 12.8. The molecule has 2 N–H and O–H groups in total. The van der Waals surface area contributed by atoms with E-state index >= 15 is 0 Å². The highest BCUT2D eigenvalue weighted by atomic mass is 32.2. The van der Waals surface area contributed by atoms with Crippen molar-refractivity contribution in [3.63, 3.8) is 0 Å². The van der Waals surface area contributed by atoms with E-state index in [0.29, 0.717) is 11.3 Å². The lowest BCUT2D eigenvalue weighted by molar-refractivity contribution is -0.724. The number of fused-ring (bicyclic) bond motifs is 2. The monoisotopic (exact) mass is 435 g/mol. The number of thioether (sulfide) groups is 1. The van der Waals surface area contributed by atoms with Crippen LogP contribution in [-0.4, -0.2) is 29.3 Å². The van der Waals surface area contributed by atoms with Crippen LogP contribution in [0.4, 0.5) is 5.69 Å². The molecule has 0 aliphatic carbocycles. The highest BCUT2D eigenvalue weighted by Crippen LogP contribution is 2.30. The molecule has 0 amide bonds. The van der Waals surface area contributed by atoms with Crippen LogP contribution >= 0.6 is 23.1 Å². The highest BCUT2D eigenvalue weighted by molar-refractivity contribution is 8.13. The molecule has 4 rings (SSSR count). The molecule has 0 fully saturated rings. The molecule has 1 aromatic heterocycles. The summed E-state index contributed by atoms with van der Waals surface area (Å²) in [5, 5.41) is 9.90. The number of aromatic nitrogens is 1. The normalized spacial score (nSPS) is 18.9. The number of amidine groups is 1. The van der Waals surface area contributed by atoms with Gasteiger partial charge in [-0.2, -0.15) is 8.42 Å². The quantitative estimate of drug-likeness (QED) is 0.487. The molecule has 0 saturated carbocycles. The fourth-order valence-corrected chi connectivity index (χ4v) is 5.97. The van der Waals surface area contributed by atoms with Crippen molar-refractivity contribution in [2.75, 3.05) is 6.54 Å². The average Bonchev–Trinajstić information content (AvgIpc) is 3.21. The van der Waals surface area contributed by atoms with Gasteiger partial charge < -0.3 is 4.57 Å². The van der Waals surface area contributed by atoms with Gasteiger partial charge in [0, 0.05) is 12.6 Å². The standard InChI is InChI=1S/C18H18N4O3S3/c1-3-21-13-7-5-6-8-15(13)26-17(21)19-20-18-22(4-2)14-10-9-12(28(23,24)25)11-16(14)27-18/h5-11H,3-4H2,1-2H3,(H,23,24,25)/p+1/b19-17-,20-18-. The third-order valence-electron chi connectivity index (χ3n) is 4.53. The van der Waals surface area contributed by atoms with Gasteiger partial charge in [0.15, 0.2) is 5.69 Å². The van der Waals surface area contributed by atoms with Crippen molar-refractivity contribution in [2.24, 2.45) is 10.2 Å². The minimum absolute atomic E-state index is 0.120. The van der Waals surface area contributed by atoms with Crippen LogP contribution in [-0.2, 0) is 16.7 Å². The van der Waals surface area contributed by atoms with Crippen LogP contribution in [0.25, 0.3) is 10.2 Å². The van der Waals surface area contributed by atoms with Gasteiger partial charge in [0.1, 0.15) is 0 Å². The molecule has 7 nitrogen and oxygen atoms in total. The summed E-state index contributed by atoms with van der Waals surface area (Å²) < 4.78 is 34.8. The molecule has 0 saturated heterocycles. The SMILES string of the molecule is CCn1/c(=N/N=C2\Sc3ccccc3[NH+]2CC)sc2cc(S(=O)(=O)O)ccc21. The van der Waals surface area contributed by atoms with Crippen LogP contribution in [0.1, 0.15) is 13.8 Å². The third kappa shape index (κ3) is 3.42. The van der Waals surface area contributed by atoms with Gasteiger partial charge in [-0.05, 0) is 49.9 Å². The van der Waals surface area contributed by atoms with Gasteiger partial charge >= 0.3 is 0 Å². The maximum absolute atomic E-state index is 11.4. The highest BCUT2D eigenvalue weighted by Gasteiger charge is 2.31. The lowest BCUT2D eigenvalue weighted by Gasteiger charge is -2.08. The summed E-state index contributed by atoms with van der Waals surface area (Å²) in [5.41, 5.74) is 2.07. The number of hydrogen-bond donors (Lipinski definition) is 2. The molecule has 2 heterocycles. The second-order valence-corrected chi connectivity index (χ2v) is 9.63. The van der Waals surface area contributed by atoms with E-state index in [1.165, 1.54) is 39.0 Å². The summed E-state index contributed by atoms with van der Waals surface area (Å²) in [7, 11) is -4.24. The Labute approximate surface area is 170 Å². The molecule has 0 spiro atoms. The van der Waals surface area contributed by atoms with E-state index < -0.39 is 10.1 Å². The van der Waals surface area contributed by atoms with E-state index in [1.807, 2.05) is 23.6 Å². The number of quaternary nitrogens is 1. The Morgan fingerprint density at radius 3 is 2.64 bits per heavy atom. The first kappa shape index (κ1) is 19.3. The number of rotatable bonds is 4. The lowest BCUT2D eigenvalue weighted by atomic mass is 10.3. The van der Waals surface area contributed by atoms with Crippen molar-refractivity contribution < 1.29 is 17.9 Å². The van der Waals surface area contributed by atoms with Crippen LogP contribution in [0.2, 0.25) is 0 Å². The number of benzene rings is 2. The van der Waals surface area contributed by atoms with E-state index in [0.717, 1.165) is 21.9 Å². The zero-order valence-electron chi connectivity index (χ0n) is 15.3. The number of aryl methyl sites for hydroxylation is 1. The number of nitrogens with zero attached hydrogens (tertiary/aromatic N) is 3. The van der Waals surface area contributed by atoms with Gasteiger partial charge in [-0.25, -0.2) is 4.90 Å². The Morgan fingerprint density at radius 1 is 1.14 bits per heavy atom. The van der Waals surface area contributed by atoms with Crippen molar-refractivity contribution in [1.82, 2.24) is 4.57 Å². The van der Waals surface area contributed by atoms with Crippen LogP contribution in [0.15, 0.2) is 62.5 Å². The number of para-hydroxylation sites is 1. The molecule has 1 aliphatic rings. The van der Waals surface area contributed by atoms with Gasteiger partial charge in [-0.1, -0.05) is 28.6 Å². The fraction of sp³-hybridized carbons (Fsp3) is 0.222. The molecule has 0 radical (unpaired) electrons. The van der Waals surface area contributed by atoms with E-state index in [1.54, 1.807) is 17.8 Å². The van der Waals surface area contributed by atoms with Gasteiger partial charge in [0.05, 0.1) is 26.6 Å². The number of nitrogens with one attached hydrogen (secondary N) is 1. The molecule has 0 bridgehead atoms. The van der Waals surface area contributed by atoms with Crippen LogP contribution in [0.3, 0.4) is 0 Å². The summed E-state index contributed by atoms with van der Waals surface area (Å²) >= 11 is 2.97. The average molecular weight is 436 g/mol. The largest absolute Gasteiger partial charge is 0.315 e. The summed E-state index contributed by atoms with van der Waals surface area (Å²) in [6.07, 6.45) is 0. The summed E-state index contributed by atoms with van der Waals surface area (Å²) in [6.45, 7) is 5.65. The van der Waals surface area contributed by atoms with E-state index in [9.17, 15) is 13.0 Å². The minimum atomic E-state index is -4.24. The molecule has 28 heavy (non-hydrogen) atoms. The predicted molar refractivity (Wildman–Crippen MR) is 112 cm³/mol. The van der Waals surface area contributed by atoms with E-state index in [2.05, 4.69) is 29.3 Å². The van der Waals surface area contributed by atoms with E-state index in [-0.39, 0.29) is 4.90 Å². The van der Waals surface area contributed by atoms with Gasteiger partial charge in [-0.15, -0.1) is 5.10 Å². The van der Waals surface area contributed by atoms with Crippen LogP contribution in [0.5, 0.6) is 0 Å². The molecule has 1 aliphatic heterocycles.